The Morgan fingerprint density at radius 3 is 2.12 bits per heavy atom. The molecule has 0 amide bonds. The van der Waals surface area contributed by atoms with Crippen LogP contribution in [-0.2, 0) is 14.3 Å². The second-order valence-electron chi connectivity index (χ2n) is 5.96. The lowest BCUT2D eigenvalue weighted by atomic mass is 9.94. The van der Waals surface area contributed by atoms with Crippen molar-refractivity contribution in [2.24, 2.45) is 0 Å². The monoisotopic (exact) mass is 347 g/mol. The Kier molecular flexibility index (Phi) is 4.89. The van der Waals surface area contributed by atoms with Crippen molar-refractivity contribution >= 4 is 10.1 Å². The zero-order valence-electron chi connectivity index (χ0n) is 13.8. The van der Waals surface area contributed by atoms with Crippen LogP contribution in [-0.4, -0.2) is 45.9 Å². The lowest BCUT2D eigenvalue weighted by molar-refractivity contribution is 0.00474. The first-order chi connectivity index (χ1) is 11.5. The Balaban J connectivity index is 1.82. The molecule has 1 aliphatic rings. The highest BCUT2D eigenvalue weighted by Gasteiger charge is 2.36. The molecule has 1 fully saturated rings. The molecule has 0 aromatic heterocycles. The first kappa shape index (κ1) is 17.0. The van der Waals surface area contributed by atoms with E-state index in [1.54, 1.807) is 7.11 Å². The van der Waals surface area contributed by atoms with Gasteiger partial charge in [-0.05, 0) is 23.3 Å². The third-order valence-corrected chi connectivity index (χ3v) is 4.72. The minimum absolute atomic E-state index is 0.0662. The van der Waals surface area contributed by atoms with Crippen LogP contribution in [0.2, 0.25) is 0 Å². The quantitative estimate of drug-likeness (QED) is 0.751. The van der Waals surface area contributed by atoms with E-state index in [1.165, 1.54) is 5.56 Å². The van der Waals surface area contributed by atoms with Crippen molar-refractivity contribution in [2.75, 3.05) is 26.5 Å². The molecule has 3 rings (SSSR count). The molecule has 0 aliphatic carbocycles. The molecule has 1 atom stereocenters. The molecule has 0 saturated carbocycles. The van der Waals surface area contributed by atoms with Crippen molar-refractivity contribution in [1.82, 2.24) is 4.90 Å². The number of hydrogen-bond donors (Lipinski definition) is 0. The summed E-state index contributed by atoms with van der Waals surface area (Å²) in [6.07, 6.45) is 0.817. The highest BCUT2D eigenvalue weighted by Crippen LogP contribution is 2.34. The number of likely N-dealkylation sites (tertiary alicyclic amines) is 1. The van der Waals surface area contributed by atoms with Gasteiger partial charge in [0.15, 0.2) is 0 Å². The van der Waals surface area contributed by atoms with Crippen molar-refractivity contribution in [3.8, 4) is 5.75 Å². The summed E-state index contributed by atoms with van der Waals surface area (Å²) in [6, 6.07) is 18.2. The zero-order chi connectivity index (χ0) is 17.2. The van der Waals surface area contributed by atoms with E-state index >= 15 is 0 Å². The molecule has 6 heteroatoms. The van der Waals surface area contributed by atoms with Crippen LogP contribution >= 0.6 is 0 Å². The van der Waals surface area contributed by atoms with Gasteiger partial charge in [0, 0.05) is 13.1 Å². The van der Waals surface area contributed by atoms with Crippen molar-refractivity contribution < 1.29 is 17.3 Å². The summed E-state index contributed by atoms with van der Waals surface area (Å²) in [5.74, 6) is 0.812. The van der Waals surface area contributed by atoms with Crippen LogP contribution in [0.1, 0.15) is 17.2 Å². The first-order valence-electron chi connectivity index (χ1n) is 7.77. The van der Waals surface area contributed by atoms with E-state index in [-0.39, 0.29) is 12.1 Å². The average Bonchev–Trinajstić information content (AvgIpc) is 2.53. The highest BCUT2D eigenvalue weighted by molar-refractivity contribution is 7.86. The van der Waals surface area contributed by atoms with Crippen LogP contribution in [0.15, 0.2) is 54.6 Å². The molecule has 1 heterocycles. The third-order valence-electron chi connectivity index (χ3n) is 4.10. The van der Waals surface area contributed by atoms with Gasteiger partial charge in [0.1, 0.15) is 11.9 Å². The number of ether oxygens (including phenoxy) is 1. The van der Waals surface area contributed by atoms with Crippen LogP contribution in [0.5, 0.6) is 5.75 Å². The highest BCUT2D eigenvalue weighted by atomic mass is 32.2. The fourth-order valence-electron chi connectivity index (χ4n) is 3.02. The molecule has 5 nitrogen and oxygen atoms in total. The summed E-state index contributed by atoms with van der Waals surface area (Å²) >= 11 is 0. The smallest absolute Gasteiger partial charge is 0.264 e. The van der Waals surface area contributed by atoms with Crippen LogP contribution in [0.25, 0.3) is 0 Å². The minimum atomic E-state index is -3.41. The maximum Gasteiger partial charge on any atom is 0.264 e. The van der Waals surface area contributed by atoms with Gasteiger partial charge in [-0.2, -0.15) is 8.42 Å². The standard InChI is InChI=1S/C18H21NO4S/c1-22-16-10-8-15(9-11-16)18(14-6-4-3-5-7-14)19-12-17(13-19)23-24(2,20)21/h3-11,17-18H,12-13H2,1-2H3. The van der Waals surface area contributed by atoms with Gasteiger partial charge in [0.25, 0.3) is 10.1 Å². The first-order valence-corrected chi connectivity index (χ1v) is 9.59. The van der Waals surface area contributed by atoms with Crippen LogP contribution < -0.4 is 4.74 Å². The van der Waals surface area contributed by atoms with Gasteiger partial charge in [-0.1, -0.05) is 42.5 Å². The average molecular weight is 347 g/mol. The van der Waals surface area contributed by atoms with Crippen molar-refractivity contribution in [3.63, 3.8) is 0 Å². The molecule has 2 aromatic rings. The molecular formula is C18H21NO4S. The fourth-order valence-corrected chi connectivity index (χ4v) is 3.64. The molecule has 1 saturated heterocycles. The second kappa shape index (κ2) is 6.93. The second-order valence-corrected chi connectivity index (χ2v) is 7.56. The van der Waals surface area contributed by atoms with Gasteiger partial charge < -0.3 is 4.74 Å². The van der Waals surface area contributed by atoms with E-state index in [1.807, 2.05) is 42.5 Å². The summed E-state index contributed by atoms with van der Waals surface area (Å²) in [5.41, 5.74) is 2.31. The summed E-state index contributed by atoms with van der Waals surface area (Å²) in [7, 11) is -1.77. The van der Waals surface area contributed by atoms with Crippen LogP contribution in [0, 0.1) is 0 Å². The Morgan fingerprint density at radius 1 is 1.00 bits per heavy atom. The predicted molar refractivity (Wildman–Crippen MR) is 92.6 cm³/mol. The Labute approximate surface area is 142 Å². The minimum Gasteiger partial charge on any atom is -0.497 e. The van der Waals surface area contributed by atoms with E-state index in [0.29, 0.717) is 13.1 Å². The zero-order valence-corrected chi connectivity index (χ0v) is 14.6. The van der Waals surface area contributed by atoms with Crippen molar-refractivity contribution in [1.29, 1.82) is 0 Å². The summed E-state index contributed by atoms with van der Waals surface area (Å²) in [6.45, 7) is 1.16. The summed E-state index contributed by atoms with van der Waals surface area (Å²) in [5, 5.41) is 0. The lowest BCUT2D eigenvalue weighted by Gasteiger charge is -2.43. The van der Waals surface area contributed by atoms with Gasteiger partial charge in [0.2, 0.25) is 0 Å². The molecule has 1 unspecified atom stereocenters. The maximum atomic E-state index is 11.3. The SMILES string of the molecule is COc1ccc(C(c2ccccc2)N2CC(OS(C)(=O)=O)C2)cc1. The molecule has 0 N–H and O–H groups in total. The largest absolute Gasteiger partial charge is 0.497 e. The van der Waals surface area contributed by atoms with Gasteiger partial charge in [-0.25, -0.2) is 0 Å². The number of methoxy groups -OCH3 is 1. The lowest BCUT2D eigenvalue weighted by Crippen LogP contribution is -2.54. The Hall–Kier alpha value is -1.89. The van der Waals surface area contributed by atoms with E-state index in [0.717, 1.165) is 17.6 Å². The molecule has 2 aromatic carbocycles. The van der Waals surface area contributed by atoms with Gasteiger partial charge in [-0.15, -0.1) is 0 Å². The van der Waals surface area contributed by atoms with Crippen molar-refractivity contribution in [2.45, 2.75) is 12.1 Å². The van der Waals surface area contributed by atoms with Gasteiger partial charge >= 0.3 is 0 Å². The van der Waals surface area contributed by atoms with Crippen LogP contribution in [0.4, 0.5) is 0 Å². The molecule has 0 radical (unpaired) electrons. The number of benzene rings is 2. The summed E-state index contributed by atoms with van der Waals surface area (Å²) < 4.78 is 32.8. The van der Waals surface area contributed by atoms with Crippen LogP contribution in [0.3, 0.4) is 0 Å². The molecular weight excluding hydrogens is 326 g/mol. The van der Waals surface area contributed by atoms with Gasteiger partial charge in [-0.3, -0.25) is 9.08 Å². The molecule has 24 heavy (non-hydrogen) atoms. The number of nitrogens with zero attached hydrogens (tertiary/aromatic N) is 1. The fraction of sp³-hybridized carbons (Fsp3) is 0.333. The van der Waals surface area contributed by atoms with E-state index < -0.39 is 10.1 Å². The summed E-state index contributed by atoms with van der Waals surface area (Å²) in [4.78, 5) is 2.22. The number of rotatable bonds is 6. The van der Waals surface area contributed by atoms with E-state index in [4.69, 9.17) is 8.92 Å². The van der Waals surface area contributed by atoms with E-state index in [2.05, 4.69) is 17.0 Å². The normalized spacial score (nSPS) is 17.2. The van der Waals surface area contributed by atoms with E-state index in [9.17, 15) is 8.42 Å². The van der Waals surface area contributed by atoms with Gasteiger partial charge in [0.05, 0.1) is 19.4 Å². The topological polar surface area (TPSA) is 55.8 Å². The molecule has 0 spiro atoms. The molecule has 0 bridgehead atoms. The maximum absolute atomic E-state index is 11.3. The Morgan fingerprint density at radius 2 is 1.58 bits per heavy atom. The molecule has 128 valence electrons. The third kappa shape index (κ3) is 3.95. The predicted octanol–water partition coefficient (Wildman–Crippen LogP) is 2.45. The Bertz CT molecular complexity index is 768. The van der Waals surface area contributed by atoms with Crippen molar-refractivity contribution in [3.05, 3.63) is 65.7 Å². The molecule has 1 aliphatic heterocycles. The number of hydrogen-bond acceptors (Lipinski definition) is 5.